The molecule has 0 saturated heterocycles. The Bertz CT molecular complexity index is 148. The van der Waals surface area contributed by atoms with Crippen LogP contribution in [0.2, 0.25) is 0 Å². The molecule has 0 rings (SSSR count). The maximum Gasteiger partial charge on any atom is 0.336 e. The number of carbonyl (C=O) groups excluding carboxylic acids is 1. The lowest BCUT2D eigenvalue weighted by molar-refractivity contribution is -0.138. The van der Waals surface area contributed by atoms with Crippen molar-refractivity contribution in [1.29, 1.82) is 0 Å². The van der Waals surface area contributed by atoms with Gasteiger partial charge in [0.1, 0.15) is 0 Å². The summed E-state index contributed by atoms with van der Waals surface area (Å²) >= 11 is 1.07. The summed E-state index contributed by atoms with van der Waals surface area (Å²) in [7, 11) is 0. The van der Waals surface area contributed by atoms with Gasteiger partial charge in [-0.3, -0.25) is 4.79 Å². The first kappa shape index (κ1) is 9.29. The summed E-state index contributed by atoms with van der Waals surface area (Å²) in [6.07, 6.45) is 1.62. The van der Waals surface area contributed by atoms with Crippen molar-refractivity contribution < 1.29 is 14.7 Å². The van der Waals surface area contributed by atoms with Crippen LogP contribution in [0.4, 0.5) is 0 Å². The van der Waals surface area contributed by atoms with Gasteiger partial charge in [-0.25, -0.2) is 4.79 Å². The summed E-state index contributed by atoms with van der Waals surface area (Å²) in [5.74, 6) is -1.36. The van der Waals surface area contributed by atoms with E-state index in [9.17, 15) is 9.59 Å². The normalized spacial score (nSPS) is 12.2. The van der Waals surface area contributed by atoms with Crippen LogP contribution in [0.3, 0.4) is 0 Å². The van der Waals surface area contributed by atoms with Crippen LogP contribution in [-0.4, -0.2) is 28.6 Å². The highest BCUT2D eigenvalue weighted by molar-refractivity contribution is 7.99. The summed E-state index contributed by atoms with van der Waals surface area (Å²) < 4.78 is 0. The number of aliphatic carboxylic acids is 1. The molecule has 0 aliphatic heterocycles. The van der Waals surface area contributed by atoms with Crippen molar-refractivity contribution in [1.82, 2.24) is 5.32 Å². The van der Waals surface area contributed by atoms with Gasteiger partial charge in [-0.05, 0) is 6.26 Å². The molecular formula is C5H9NO3S. The summed E-state index contributed by atoms with van der Waals surface area (Å²) in [5, 5.41) is 9.82. The molecule has 0 aromatic carbocycles. The molecule has 0 aromatic rings. The highest BCUT2D eigenvalue weighted by Crippen LogP contribution is 2.01. The molecule has 0 fully saturated rings. The number of amides is 1. The zero-order valence-corrected chi connectivity index (χ0v) is 6.57. The number of carboxylic acids is 1. The number of carboxylic acid groups (broad SMARTS) is 1. The quantitative estimate of drug-likeness (QED) is 0.570. The largest absolute Gasteiger partial charge is 0.479 e. The molecule has 4 nitrogen and oxygen atoms in total. The topological polar surface area (TPSA) is 66.4 Å². The van der Waals surface area contributed by atoms with E-state index in [1.165, 1.54) is 6.92 Å². The monoisotopic (exact) mass is 163 g/mol. The van der Waals surface area contributed by atoms with Gasteiger partial charge < -0.3 is 10.4 Å². The molecule has 0 bridgehead atoms. The van der Waals surface area contributed by atoms with E-state index in [1.807, 2.05) is 0 Å². The molecule has 58 valence electrons. The van der Waals surface area contributed by atoms with Gasteiger partial charge in [0.25, 0.3) is 0 Å². The lowest BCUT2D eigenvalue weighted by atomic mass is 10.6. The molecule has 0 unspecified atom stereocenters. The fraction of sp³-hybridized carbons (Fsp3) is 0.600. The Balaban J connectivity index is 3.83. The first-order valence-corrected chi connectivity index (χ1v) is 3.89. The van der Waals surface area contributed by atoms with E-state index in [2.05, 4.69) is 5.32 Å². The molecule has 0 saturated carbocycles. The van der Waals surface area contributed by atoms with Crippen LogP contribution in [0.15, 0.2) is 0 Å². The van der Waals surface area contributed by atoms with Crippen LogP contribution < -0.4 is 5.32 Å². The van der Waals surface area contributed by atoms with Crippen LogP contribution in [-0.2, 0) is 9.59 Å². The molecule has 2 N–H and O–H groups in total. The number of hydrogen-bond donors (Lipinski definition) is 2. The van der Waals surface area contributed by atoms with E-state index in [1.54, 1.807) is 6.26 Å². The molecule has 0 radical (unpaired) electrons. The SMILES string of the molecule is CS[C@H](NC(C)=O)C(=O)O. The highest BCUT2D eigenvalue weighted by Gasteiger charge is 2.15. The first-order valence-electron chi connectivity index (χ1n) is 2.60. The first-order chi connectivity index (χ1) is 4.57. The summed E-state index contributed by atoms with van der Waals surface area (Å²) in [5.41, 5.74) is 0. The lowest BCUT2D eigenvalue weighted by Crippen LogP contribution is -2.36. The van der Waals surface area contributed by atoms with Crippen molar-refractivity contribution in [3.05, 3.63) is 0 Å². The number of rotatable bonds is 3. The molecule has 1 amide bonds. The molecule has 0 spiro atoms. The molecule has 0 aliphatic carbocycles. The molecule has 10 heavy (non-hydrogen) atoms. The van der Waals surface area contributed by atoms with Crippen molar-refractivity contribution in [3.63, 3.8) is 0 Å². The van der Waals surface area contributed by atoms with Crippen LogP contribution in [0.25, 0.3) is 0 Å². The average Bonchev–Trinajstić information content (AvgIpc) is 1.81. The number of hydrogen-bond acceptors (Lipinski definition) is 3. The van der Waals surface area contributed by atoms with Crippen molar-refractivity contribution in [3.8, 4) is 0 Å². The van der Waals surface area contributed by atoms with Gasteiger partial charge >= 0.3 is 5.97 Å². The van der Waals surface area contributed by atoms with Crippen molar-refractivity contribution >= 4 is 23.6 Å². The van der Waals surface area contributed by atoms with Gasteiger partial charge in [0.2, 0.25) is 5.91 Å². The molecule has 0 aliphatic rings. The van der Waals surface area contributed by atoms with Gasteiger partial charge in [0, 0.05) is 6.92 Å². The molecular weight excluding hydrogens is 154 g/mol. The van der Waals surface area contributed by atoms with Gasteiger partial charge in [0.05, 0.1) is 0 Å². The van der Waals surface area contributed by atoms with E-state index < -0.39 is 11.3 Å². The summed E-state index contributed by atoms with van der Waals surface area (Å²) in [6.45, 7) is 1.28. The maximum atomic E-state index is 10.3. The van der Waals surface area contributed by atoms with Gasteiger partial charge in [-0.15, -0.1) is 11.8 Å². The Morgan fingerprint density at radius 1 is 1.60 bits per heavy atom. The van der Waals surface area contributed by atoms with E-state index in [4.69, 9.17) is 5.11 Å². The second-order valence-corrected chi connectivity index (χ2v) is 2.60. The third-order valence-electron chi connectivity index (χ3n) is 0.794. The number of thioether (sulfide) groups is 1. The Morgan fingerprint density at radius 2 is 2.10 bits per heavy atom. The van der Waals surface area contributed by atoms with Gasteiger partial charge in [-0.1, -0.05) is 0 Å². The van der Waals surface area contributed by atoms with E-state index >= 15 is 0 Å². The highest BCUT2D eigenvalue weighted by atomic mass is 32.2. The van der Waals surface area contributed by atoms with E-state index in [0.717, 1.165) is 11.8 Å². The van der Waals surface area contributed by atoms with E-state index in [-0.39, 0.29) is 5.91 Å². The second-order valence-electron chi connectivity index (χ2n) is 1.65. The molecule has 1 atom stereocenters. The predicted molar refractivity (Wildman–Crippen MR) is 38.8 cm³/mol. The van der Waals surface area contributed by atoms with E-state index in [0.29, 0.717) is 0 Å². The lowest BCUT2D eigenvalue weighted by Gasteiger charge is -2.08. The Kier molecular flexibility index (Phi) is 3.87. The Hall–Kier alpha value is -0.710. The van der Waals surface area contributed by atoms with Gasteiger partial charge in [0.15, 0.2) is 5.37 Å². The minimum Gasteiger partial charge on any atom is -0.479 e. The fourth-order valence-corrected chi connectivity index (χ4v) is 0.892. The van der Waals surface area contributed by atoms with Crippen LogP contribution in [0.5, 0.6) is 0 Å². The Morgan fingerprint density at radius 3 is 2.20 bits per heavy atom. The predicted octanol–water partition coefficient (Wildman–Crippen LogP) is -0.104. The van der Waals surface area contributed by atoms with Crippen LogP contribution >= 0.6 is 11.8 Å². The van der Waals surface area contributed by atoms with Crippen molar-refractivity contribution in [2.45, 2.75) is 12.3 Å². The van der Waals surface area contributed by atoms with Gasteiger partial charge in [-0.2, -0.15) is 0 Å². The second kappa shape index (κ2) is 4.16. The average molecular weight is 163 g/mol. The molecule has 5 heteroatoms. The zero-order chi connectivity index (χ0) is 8.15. The van der Waals surface area contributed by atoms with Crippen LogP contribution in [0, 0.1) is 0 Å². The maximum absolute atomic E-state index is 10.3. The summed E-state index contributed by atoms with van der Waals surface area (Å²) in [4.78, 5) is 20.6. The third kappa shape index (κ3) is 3.34. The summed E-state index contributed by atoms with van der Waals surface area (Å²) in [6, 6.07) is 0. The van der Waals surface area contributed by atoms with Crippen LogP contribution in [0.1, 0.15) is 6.92 Å². The smallest absolute Gasteiger partial charge is 0.336 e. The number of carbonyl (C=O) groups is 2. The number of nitrogens with one attached hydrogen (secondary N) is 1. The Labute approximate surface area is 63.0 Å². The molecule has 0 aromatic heterocycles. The molecule has 0 heterocycles. The minimum atomic E-state index is -1.03. The van der Waals surface area contributed by atoms with Crippen molar-refractivity contribution in [2.24, 2.45) is 0 Å². The minimum absolute atomic E-state index is 0.332. The van der Waals surface area contributed by atoms with Crippen molar-refractivity contribution in [2.75, 3.05) is 6.26 Å². The zero-order valence-electron chi connectivity index (χ0n) is 5.75. The fourth-order valence-electron chi connectivity index (χ4n) is 0.406. The standard InChI is InChI=1S/C5H9NO3S/c1-3(7)6-4(10-2)5(8)9/h4H,1-2H3,(H,6,7)(H,8,9)/t4-/m0/s1. The third-order valence-corrected chi connectivity index (χ3v) is 1.59.